The number of anilines is 1. The number of nitrogens with one attached hydrogen (secondary N) is 3. The highest BCUT2D eigenvalue weighted by Crippen LogP contribution is 2.44. The van der Waals surface area contributed by atoms with Crippen molar-refractivity contribution in [2.24, 2.45) is 0 Å². The number of rotatable bonds is 7. The van der Waals surface area contributed by atoms with Gasteiger partial charge in [-0.05, 0) is 26.3 Å². The van der Waals surface area contributed by atoms with Crippen LogP contribution >= 0.6 is 0 Å². The number of aryl methyl sites for hydroxylation is 1. The van der Waals surface area contributed by atoms with Crippen LogP contribution in [0.15, 0.2) is 48.9 Å². The van der Waals surface area contributed by atoms with Crippen molar-refractivity contribution in [3.05, 3.63) is 71.4 Å². The minimum Gasteiger partial charge on any atom is -0.363 e. The lowest BCUT2D eigenvalue weighted by molar-refractivity contribution is -0.173. The molecule has 186 valence electrons. The minimum atomic E-state index is -4.51. The Morgan fingerprint density at radius 3 is 2.54 bits per heavy atom. The molecule has 2 aromatic heterocycles. The highest BCUT2D eigenvalue weighted by molar-refractivity contribution is 5.99. The van der Waals surface area contributed by atoms with Gasteiger partial charge in [0.15, 0.2) is 6.04 Å². The van der Waals surface area contributed by atoms with Crippen molar-refractivity contribution in [1.29, 1.82) is 0 Å². The molecule has 11 heteroatoms. The van der Waals surface area contributed by atoms with E-state index in [-0.39, 0.29) is 17.8 Å². The van der Waals surface area contributed by atoms with Crippen molar-refractivity contribution in [3.63, 3.8) is 0 Å². The Balaban J connectivity index is 1.49. The standard InChI is InChI=1S/C24H28F3N7O/c1-15-10-30-17(12-29-15)11-28-14-23(2,3)33-22(35)18-13-31-34-20(24(25,26)27)9-19(32-21(18)34)16-7-5-4-6-8-16/h4-8,10,12-13,19-20,28,32H,9,11,14H2,1-3H3,(H,33,35)/t19?,20-/m0/s1. The third kappa shape index (κ3) is 5.79. The normalized spacial score (nSPS) is 18.0. The summed E-state index contributed by atoms with van der Waals surface area (Å²) in [5.74, 6) is -0.445. The molecule has 0 saturated carbocycles. The first kappa shape index (κ1) is 24.6. The van der Waals surface area contributed by atoms with E-state index in [4.69, 9.17) is 0 Å². The van der Waals surface area contributed by atoms with E-state index >= 15 is 0 Å². The molecule has 1 amide bonds. The second-order valence-electron chi connectivity index (χ2n) is 9.34. The van der Waals surface area contributed by atoms with Crippen LogP contribution in [-0.2, 0) is 6.54 Å². The Hall–Kier alpha value is -3.47. The number of amides is 1. The fraction of sp³-hybridized carbons (Fsp3) is 0.417. The third-order valence-corrected chi connectivity index (χ3v) is 5.84. The SMILES string of the molecule is Cc1cnc(CNCC(C)(C)NC(=O)c2cnn3c2NC(c2ccccc2)C[C@H]3C(F)(F)F)cn1. The number of hydrogen-bond acceptors (Lipinski definition) is 6. The molecular weight excluding hydrogens is 459 g/mol. The van der Waals surface area contributed by atoms with Crippen molar-refractivity contribution in [3.8, 4) is 0 Å². The van der Waals surface area contributed by atoms with Gasteiger partial charge in [0.05, 0.1) is 23.6 Å². The molecule has 1 aliphatic rings. The zero-order valence-electron chi connectivity index (χ0n) is 19.7. The van der Waals surface area contributed by atoms with Gasteiger partial charge in [-0.2, -0.15) is 18.3 Å². The van der Waals surface area contributed by atoms with Crippen molar-refractivity contribution in [2.75, 3.05) is 11.9 Å². The van der Waals surface area contributed by atoms with Crippen molar-refractivity contribution < 1.29 is 18.0 Å². The number of halogens is 3. The Kier molecular flexibility index (Phi) is 6.79. The maximum atomic E-state index is 13.9. The van der Waals surface area contributed by atoms with E-state index < -0.39 is 29.7 Å². The lowest BCUT2D eigenvalue weighted by Crippen LogP contribution is -2.50. The van der Waals surface area contributed by atoms with E-state index in [0.717, 1.165) is 16.1 Å². The summed E-state index contributed by atoms with van der Waals surface area (Å²) in [7, 11) is 0. The average Bonchev–Trinajstić information content (AvgIpc) is 3.23. The molecule has 0 fully saturated rings. The first-order valence-electron chi connectivity index (χ1n) is 11.3. The van der Waals surface area contributed by atoms with Crippen LogP contribution in [0.1, 0.15) is 59.7 Å². The van der Waals surface area contributed by atoms with Gasteiger partial charge in [-0.1, -0.05) is 30.3 Å². The molecule has 4 rings (SSSR count). The summed E-state index contributed by atoms with van der Waals surface area (Å²) >= 11 is 0. The molecule has 3 heterocycles. The molecule has 1 aliphatic heterocycles. The lowest BCUT2D eigenvalue weighted by atomic mass is 9.96. The Bertz CT molecular complexity index is 1160. The summed E-state index contributed by atoms with van der Waals surface area (Å²) in [6.45, 7) is 6.37. The number of hydrogen-bond donors (Lipinski definition) is 3. The van der Waals surface area contributed by atoms with Gasteiger partial charge in [0.25, 0.3) is 5.91 Å². The van der Waals surface area contributed by atoms with Gasteiger partial charge in [0.1, 0.15) is 11.4 Å². The van der Waals surface area contributed by atoms with Crippen LogP contribution in [0.2, 0.25) is 0 Å². The third-order valence-electron chi connectivity index (χ3n) is 5.84. The Labute approximate surface area is 201 Å². The molecule has 0 radical (unpaired) electrons. The van der Waals surface area contributed by atoms with E-state index in [1.165, 1.54) is 6.20 Å². The fourth-order valence-electron chi connectivity index (χ4n) is 4.07. The number of carbonyl (C=O) groups is 1. The number of alkyl halides is 3. The molecule has 1 unspecified atom stereocenters. The summed E-state index contributed by atoms with van der Waals surface area (Å²) < 4.78 is 42.5. The molecule has 2 atom stereocenters. The second kappa shape index (κ2) is 9.65. The Morgan fingerprint density at radius 1 is 1.14 bits per heavy atom. The first-order valence-corrected chi connectivity index (χ1v) is 11.3. The molecule has 0 saturated heterocycles. The molecule has 3 N–H and O–H groups in total. The summed E-state index contributed by atoms with van der Waals surface area (Å²) in [4.78, 5) is 21.6. The number of nitrogens with zero attached hydrogens (tertiary/aromatic N) is 4. The molecule has 1 aromatic carbocycles. The predicted octanol–water partition coefficient (Wildman–Crippen LogP) is 3.94. The smallest absolute Gasteiger partial charge is 0.363 e. The van der Waals surface area contributed by atoms with Gasteiger partial charge in [-0.15, -0.1) is 0 Å². The largest absolute Gasteiger partial charge is 0.410 e. The first-order chi connectivity index (χ1) is 16.5. The van der Waals surface area contributed by atoms with Gasteiger partial charge in [-0.3, -0.25) is 14.8 Å². The molecule has 8 nitrogen and oxygen atoms in total. The number of benzene rings is 1. The van der Waals surface area contributed by atoms with Gasteiger partial charge in [-0.25, -0.2) is 4.68 Å². The second-order valence-corrected chi connectivity index (χ2v) is 9.34. The van der Waals surface area contributed by atoms with Gasteiger partial charge in [0, 0.05) is 37.4 Å². The molecule has 0 aliphatic carbocycles. The number of aromatic nitrogens is 4. The van der Waals surface area contributed by atoms with Crippen LogP contribution < -0.4 is 16.0 Å². The van der Waals surface area contributed by atoms with E-state index in [1.54, 1.807) is 42.7 Å². The van der Waals surface area contributed by atoms with Gasteiger partial charge < -0.3 is 16.0 Å². The van der Waals surface area contributed by atoms with Crippen molar-refractivity contribution in [1.82, 2.24) is 30.4 Å². The van der Waals surface area contributed by atoms with Crippen LogP contribution in [0.25, 0.3) is 0 Å². The highest BCUT2D eigenvalue weighted by Gasteiger charge is 2.47. The molecule has 0 spiro atoms. The predicted molar refractivity (Wildman–Crippen MR) is 125 cm³/mol. The highest BCUT2D eigenvalue weighted by atomic mass is 19.4. The molecular formula is C24H28F3N7O. The topological polar surface area (TPSA) is 96.8 Å². The maximum Gasteiger partial charge on any atom is 0.410 e. The average molecular weight is 488 g/mol. The quantitative estimate of drug-likeness (QED) is 0.467. The molecule has 35 heavy (non-hydrogen) atoms. The summed E-state index contributed by atoms with van der Waals surface area (Å²) in [5.41, 5.74) is 1.67. The monoisotopic (exact) mass is 487 g/mol. The maximum absolute atomic E-state index is 13.9. The van der Waals surface area contributed by atoms with E-state index in [0.29, 0.717) is 18.7 Å². The van der Waals surface area contributed by atoms with E-state index in [1.807, 2.05) is 20.8 Å². The zero-order chi connectivity index (χ0) is 25.2. The van der Waals surface area contributed by atoms with Crippen molar-refractivity contribution in [2.45, 2.75) is 57.5 Å². The van der Waals surface area contributed by atoms with Crippen LogP contribution in [0, 0.1) is 6.92 Å². The molecule has 3 aromatic rings. The Morgan fingerprint density at radius 2 is 1.89 bits per heavy atom. The summed E-state index contributed by atoms with van der Waals surface area (Å²) in [6.07, 6.45) is -0.183. The zero-order valence-corrected chi connectivity index (χ0v) is 19.7. The molecule has 0 bridgehead atoms. The van der Waals surface area contributed by atoms with E-state index in [9.17, 15) is 18.0 Å². The van der Waals surface area contributed by atoms with Crippen LogP contribution in [-0.4, -0.2) is 43.9 Å². The van der Waals surface area contributed by atoms with Gasteiger partial charge in [0.2, 0.25) is 0 Å². The van der Waals surface area contributed by atoms with E-state index in [2.05, 4.69) is 31.0 Å². The fourth-order valence-corrected chi connectivity index (χ4v) is 4.07. The van der Waals surface area contributed by atoms with Crippen LogP contribution in [0.4, 0.5) is 19.0 Å². The number of fused-ring (bicyclic) bond motifs is 1. The summed E-state index contributed by atoms with van der Waals surface area (Å²) in [6, 6.07) is 6.44. The van der Waals surface area contributed by atoms with Crippen LogP contribution in [0.5, 0.6) is 0 Å². The minimum absolute atomic E-state index is 0.0589. The van der Waals surface area contributed by atoms with Crippen LogP contribution in [0.3, 0.4) is 0 Å². The number of carbonyl (C=O) groups excluding carboxylic acids is 1. The lowest BCUT2D eigenvalue weighted by Gasteiger charge is -2.34. The van der Waals surface area contributed by atoms with Gasteiger partial charge >= 0.3 is 6.18 Å². The summed E-state index contributed by atoms with van der Waals surface area (Å²) in [5, 5.41) is 13.2. The van der Waals surface area contributed by atoms with Crippen molar-refractivity contribution >= 4 is 11.7 Å².